The zero-order chi connectivity index (χ0) is 17.4. The third-order valence-electron chi connectivity index (χ3n) is 3.55. The molecule has 0 amide bonds. The van der Waals surface area contributed by atoms with E-state index in [1.165, 1.54) is 6.08 Å². The lowest BCUT2D eigenvalue weighted by Crippen LogP contribution is -2.04. The molecule has 0 N–H and O–H groups in total. The lowest BCUT2D eigenvalue weighted by atomic mass is 10.1. The second-order valence-electron chi connectivity index (χ2n) is 5.62. The van der Waals surface area contributed by atoms with E-state index in [0.717, 1.165) is 41.1 Å². The first-order chi connectivity index (χ1) is 11.6. The third-order valence-corrected chi connectivity index (χ3v) is 3.55. The summed E-state index contributed by atoms with van der Waals surface area (Å²) in [6.45, 7) is 4.34. The Morgan fingerprint density at radius 3 is 2.79 bits per heavy atom. The highest BCUT2D eigenvalue weighted by Gasteiger charge is 2.02. The number of ether oxygens (including phenoxy) is 2. The minimum absolute atomic E-state index is 0.351. The zero-order valence-electron chi connectivity index (χ0n) is 14.4. The number of benzene rings is 1. The van der Waals surface area contributed by atoms with E-state index in [1.54, 1.807) is 13.2 Å². The molecule has 2 rings (SSSR count). The molecule has 24 heavy (non-hydrogen) atoms. The summed E-state index contributed by atoms with van der Waals surface area (Å²) in [6.07, 6.45) is 4.70. The third kappa shape index (κ3) is 5.54. The van der Waals surface area contributed by atoms with Crippen molar-refractivity contribution in [2.45, 2.75) is 26.7 Å². The Hall–Kier alpha value is -2.62. The Bertz CT molecular complexity index is 723. The molecule has 1 aromatic carbocycles. The average Bonchev–Trinajstić information content (AvgIpc) is 2.57. The summed E-state index contributed by atoms with van der Waals surface area (Å²) in [5, 5.41) is 0. The van der Waals surface area contributed by atoms with Gasteiger partial charge in [0.15, 0.2) is 0 Å². The van der Waals surface area contributed by atoms with Crippen molar-refractivity contribution < 1.29 is 14.3 Å². The topological polar surface area (TPSA) is 48.4 Å². The number of carbonyl (C=O) groups is 1. The number of aromatic nitrogens is 1. The Morgan fingerprint density at radius 2 is 2.04 bits per heavy atom. The monoisotopic (exact) mass is 325 g/mol. The second-order valence-corrected chi connectivity index (χ2v) is 5.62. The van der Waals surface area contributed by atoms with Crippen molar-refractivity contribution in [3.63, 3.8) is 0 Å². The number of hydrogen-bond donors (Lipinski definition) is 0. The maximum absolute atomic E-state index is 11.8. The summed E-state index contributed by atoms with van der Waals surface area (Å²) in [5.41, 5.74) is 3.98. The number of nitrogens with zero attached hydrogens (tertiary/aromatic N) is 1. The van der Waals surface area contributed by atoms with Gasteiger partial charge >= 0.3 is 5.97 Å². The average molecular weight is 325 g/mol. The van der Waals surface area contributed by atoms with Gasteiger partial charge in [0, 0.05) is 23.0 Å². The zero-order valence-corrected chi connectivity index (χ0v) is 14.4. The van der Waals surface area contributed by atoms with Gasteiger partial charge in [0.2, 0.25) is 0 Å². The summed E-state index contributed by atoms with van der Waals surface area (Å²) < 4.78 is 10.5. The number of rotatable bonds is 7. The van der Waals surface area contributed by atoms with Crippen LogP contribution in [0.2, 0.25) is 0 Å². The molecular weight excluding hydrogens is 302 g/mol. The van der Waals surface area contributed by atoms with E-state index in [4.69, 9.17) is 9.47 Å². The van der Waals surface area contributed by atoms with E-state index in [9.17, 15) is 4.79 Å². The molecule has 4 nitrogen and oxygen atoms in total. The highest BCUT2D eigenvalue weighted by atomic mass is 16.5. The van der Waals surface area contributed by atoms with Crippen molar-refractivity contribution in [2.75, 3.05) is 13.7 Å². The molecule has 0 aliphatic carbocycles. The van der Waals surface area contributed by atoms with Crippen LogP contribution in [0, 0.1) is 13.8 Å². The van der Waals surface area contributed by atoms with Crippen LogP contribution < -0.4 is 4.74 Å². The molecule has 126 valence electrons. The largest absolute Gasteiger partial charge is 0.496 e. The van der Waals surface area contributed by atoms with Crippen molar-refractivity contribution in [3.05, 3.63) is 65.0 Å². The Morgan fingerprint density at radius 1 is 1.21 bits per heavy atom. The van der Waals surface area contributed by atoms with Crippen LogP contribution in [0.1, 0.15) is 28.9 Å². The molecule has 1 heterocycles. The van der Waals surface area contributed by atoms with Gasteiger partial charge in [-0.15, -0.1) is 0 Å². The SMILES string of the molecule is COc1ccc(C)cc1/C=C/C(=O)OCCCc1cccc(C)n1. The Labute approximate surface area is 143 Å². The van der Waals surface area contributed by atoms with E-state index in [2.05, 4.69) is 4.98 Å². The summed E-state index contributed by atoms with van der Waals surface area (Å²) in [5.74, 6) is 0.380. The highest BCUT2D eigenvalue weighted by molar-refractivity contribution is 5.87. The highest BCUT2D eigenvalue weighted by Crippen LogP contribution is 2.20. The smallest absolute Gasteiger partial charge is 0.330 e. The molecule has 0 radical (unpaired) electrons. The molecule has 0 spiro atoms. The summed E-state index contributed by atoms with van der Waals surface area (Å²) in [6, 6.07) is 11.8. The molecule has 0 saturated carbocycles. The first-order valence-electron chi connectivity index (χ1n) is 8.00. The van der Waals surface area contributed by atoms with Crippen LogP contribution in [-0.2, 0) is 16.0 Å². The van der Waals surface area contributed by atoms with Crippen LogP contribution in [0.3, 0.4) is 0 Å². The van der Waals surface area contributed by atoms with Gasteiger partial charge in [-0.25, -0.2) is 4.79 Å². The molecule has 2 aromatic rings. The number of esters is 1. The predicted molar refractivity (Wildman–Crippen MR) is 95.0 cm³/mol. The van der Waals surface area contributed by atoms with E-state index >= 15 is 0 Å². The van der Waals surface area contributed by atoms with Crippen molar-refractivity contribution >= 4 is 12.0 Å². The second kappa shape index (κ2) is 8.87. The van der Waals surface area contributed by atoms with Gasteiger partial charge in [0.25, 0.3) is 0 Å². The fourth-order valence-corrected chi connectivity index (χ4v) is 2.35. The Balaban J connectivity index is 1.80. The van der Waals surface area contributed by atoms with E-state index < -0.39 is 0 Å². The van der Waals surface area contributed by atoms with Crippen LogP contribution in [0.15, 0.2) is 42.5 Å². The summed E-state index contributed by atoms with van der Waals surface area (Å²) in [4.78, 5) is 16.2. The molecule has 0 saturated heterocycles. The van der Waals surface area contributed by atoms with Gasteiger partial charge < -0.3 is 9.47 Å². The number of carbonyl (C=O) groups excluding carboxylic acids is 1. The van der Waals surface area contributed by atoms with Crippen LogP contribution in [0.4, 0.5) is 0 Å². The lowest BCUT2D eigenvalue weighted by Gasteiger charge is -2.06. The van der Waals surface area contributed by atoms with E-state index in [1.807, 2.05) is 50.2 Å². The minimum atomic E-state index is -0.351. The lowest BCUT2D eigenvalue weighted by molar-refractivity contribution is -0.137. The van der Waals surface area contributed by atoms with Gasteiger partial charge in [0.05, 0.1) is 13.7 Å². The molecule has 0 atom stereocenters. The van der Waals surface area contributed by atoms with E-state index in [-0.39, 0.29) is 5.97 Å². The van der Waals surface area contributed by atoms with Crippen LogP contribution in [0.5, 0.6) is 5.75 Å². The molecule has 1 aromatic heterocycles. The number of pyridine rings is 1. The maximum atomic E-state index is 11.8. The normalized spacial score (nSPS) is 10.8. The molecule has 0 aliphatic rings. The van der Waals surface area contributed by atoms with Crippen LogP contribution in [-0.4, -0.2) is 24.7 Å². The van der Waals surface area contributed by atoms with Crippen molar-refractivity contribution in [2.24, 2.45) is 0 Å². The predicted octanol–water partition coefficient (Wildman–Crippen LogP) is 3.90. The molecule has 0 bridgehead atoms. The molecule has 4 heteroatoms. The van der Waals surface area contributed by atoms with Gasteiger partial charge in [-0.2, -0.15) is 0 Å². The quantitative estimate of drug-likeness (QED) is 0.440. The molecule has 0 fully saturated rings. The summed E-state index contributed by atoms with van der Waals surface area (Å²) in [7, 11) is 1.61. The van der Waals surface area contributed by atoms with Crippen LogP contribution >= 0.6 is 0 Å². The van der Waals surface area contributed by atoms with Gasteiger partial charge in [0.1, 0.15) is 5.75 Å². The molecule has 0 aliphatic heterocycles. The first kappa shape index (κ1) is 17.7. The Kier molecular flexibility index (Phi) is 6.55. The van der Waals surface area contributed by atoms with Gasteiger partial charge in [-0.3, -0.25) is 4.98 Å². The fourth-order valence-electron chi connectivity index (χ4n) is 2.35. The van der Waals surface area contributed by atoms with Crippen molar-refractivity contribution in [3.8, 4) is 5.75 Å². The first-order valence-corrected chi connectivity index (χ1v) is 8.00. The minimum Gasteiger partial charge on any atom is -0.496 e. The number of aryl methyl sites for hydroxylation is 3. The molecule has 0 unspecified atom stereocenters. The van der Waals surface area contributed by atoms with Crippen LogP contribution in [0.25, 0.3) is 6.08 Å². The standard InChI is InChI=1S/C20H23NO3/c1-15-9-11-19(23-3)17(14-15)10-12-20(22)24-13-5-8-18-7-4-6-16(2)21-18/h4,6-7,9-12,14H,5,8,13H2,1-3H3/b12-10+. The number of hydrogen-bond acceptors (Lipinski definition) is 4. The summed E-state index contributed by atoms with van der Waals surface area (Å²) >= 11 is 0. The van der Waals surface area contributed by atoms with E-state index in [0.29, 0.717) is 6.61 Å². The van der Waals surface area contributed by atoms with Gasteiger partial charge in [-0.05, 0) is 57.0 Å². The maximum Gasteiger partial charge on any atom is 0.330 e. The fraction of sp³-hybridized carbons (Fsp3) is 0.300. The van der Waals surface area contributed by atoms with Crippen molar-refractivity contribution in [1.82, 2.24) is 4.98 Å². The van der Waals surface area contributed by atoms with Crippen molar-refractivity contribution in [1.29, 1.82) is 0 Å². The molecular formula is C20H23NO3. The number of methoxy groups -OCH3 is 1. The van der Waals surface area contributed by atoms with Gasteiger partial charge in [-0.1, -0.05) is 17.7 Å².